The van der Waals surface area contributed by atoms with E-state index in [0.717, 1.165) is 22.9 Å². The number of rotatable bonds is 6. The third kappa shape index (κ3) is 4.36. The van der Waals surface area contributed by atoms with Gasteiger partial charge in [-0.25, -0.2) is 17.8 Å². The van der Waals surface area contributed by atoms with Crippen LogP contribution in [0, 0.1) is 6.92 Å². The quantitative estimate of drug-likeness (QED) is 0.432. The van der Waals surface area contributed by atoms with E-state index in [9.17, 15) is 8.42 Å². The summed E-state index contributed by atoms with van der Waals surface area (Å²) in [4.78, 5) is 4.68. The molecule has 4 rings (SSSR count). The summed E-state index contributed by atoms with van der Waals surface area (Å²) < 4.78 is 44.4. The smallest absolute Gasteiger partial charge is 0.202 e. The van der Waals surface area contributed by atoms with Crippen molar-refractivity contribution in [3.63, 3.8) is 0 Å². The van der Waals surface area contributed by atoms with Crippen molar-refractivity contribution in [3.8, 4) is 5.75 Å². The Kier molecular flexibility index (Phi) is 5.75. The molecule has 1 aliphatic heterocycles. The number of ether oxygens (including phenoxy) is 1. The number of hydrogen-bond acceptors (Lipinski definition) is 8. The molecule has 1 aliphatic rings. The van der Waals surface area contributed by atoms with Crippen molar-refractivity contribution >= 4 is 38.1 Å². The summed E-state index contributed by atoms with van der Waals surface area (Å²) in [5.74, 6) is 0.147. The van der Waals surface area contributed by atoms with Gasteiger partial charge in [-0.15, -0.1) is 0 Å². The fourth-order valence-corrected chi connectivity index (χ4v) is 4.27. The zero-order valence-corrected chi connectivity index (χ0v) is 19.5. The van der Waals surface area contributed by atoms with Crippen LogP contribution in [0.15, 0.2) is 58.3 Å². The lowest BCUT2D eigenvalue weighted by Crippen LogP contribution is -2.45. The van der Waals surface area contributed by atoms with Gasteiger partial charge in [-0.05, 0) is 49.7 Å². The van der Waals surface area contributed by atoms with E-state index in [4.69, 9.17) is 4.74 Å². The number of anilines is 2. The SMILES string of the molecule is CCC1(Nc2ccc3c(C)[nH]nc3c2)N=C(Nc2cc(S(C)(=O)=O)ccc2OC)NC=C1F. The van der Waals surface area contributed by atoms with Crippen molar-refractivity contribution in [1.29, 1.82) is 0 Å². The lowest BCUT2D eigenvalue weighted by Gasteiger charge is -2.33. The van der Waals surface area contributed by atoms with Crippen molar-refractivity contribution in [2.75, 3.05) is 24.0 Å². The largest absolute Gasteiger partial charge is 0.495 e. The maximum absolute atomic E-state index is 15.1. The first-order valence-electron chi connectivity index (χ1n) is 10.3. The normalized spacial score (nSPS) is 18.3. The van der Waals surface area contributed by atoms with Crippen LogP contribution in [0.2, 0.25) is 0 Å². The van der Waals surface area contributed by atoms with Crippen LogP contribution in [-0.2, 0) is 9.84 Å². The maximum Gasteiger partial charge on any atom is 0.202 e. The summed E-state index contributed by atoms with van der Waals surface area (Å²) in [7, 11) is -1.96. The third-order valence-corrected chi connectivity index (χ3v) is 6.60. The average molecular weight is 473 g/mol. The first kappa shape index (κ1) is 22.6. The van der Waals surface area contributed by atoms with Crippen LogP contribution < -0.4 is 20.7 Å². The van der Waals surface area contributed by atoms with Crippen molar-refractivity contribution in [2.45, 2.75) is 30.8 Å². The van der Waals surface area contributed by atoms with Gasteiger partial charge in [0.25, 0.3) is 0 Å². The van der Waals surface area contributed by atoms with Crippen molar-refractivity contribution in [2.24, 2.45) is 4.99 Å². The highest BCUT2D eigenvalue weighted by Gasteiger charge is 2.36. The van der Waals surface area contributed by atoms with Gasteiger partial charge in [0, 0.05) is 29.2 Å². The molecule has 1 aromatic heterocycles. The molecule has 0 fully saturated rings. The summed E-state index contributed by atoms with van der Waals surface area (Å²) in [6.45, 7) is 3.75. The van der Waals surface area contributed by atoms with Crippen LogP contribution in [-0.4, -0.2) is 43.6 Å². The number of nitrogens with one attached hydrogen (secondary N) is 4. The first-order valence-corrected chi connectivity index (χ1v) is 12.1. The molecule has 174 valence electrons. The molecule has 11 heteroatoms. The number of hydrogen-bond donors (Lipinski definition) is 4. The number of halogens is 1. The first-order chi connectivity index (χ1) is 15.6. The number of aliphatic imine (C=N–C) groups is 1. The highest BCUT2D eigenvalue weighted by Crippen LogP contribution is 2.33. The Morgan fingerprint density at radius 3 is 2.70 bits per heavy atom. The van der Waals surface area contributed by atoms with Crippen molar-refractivity contribution < 1.29 is 17.5 Å². The number of guanidine groups is 1. The Labute approximate surface area is 191 Å². The molecule has 9 nitrogen and oxygen atoms in total. The Bertz CT molecular complexity index is 1380. The highest BCUT2D eigenvalue weighted by atomic mass is 32.2. The maximum atomic E-state index is 15.1. The number of fused-ring (bicyclic) bond motifs is 1. The van der Waals surface area contributed by atoms with E-state index in [1.165, 1.54) is 25.4 Å². The molecule has 1 atom stereocenters. The minimum atomic E-state index is -3.43. The fourth-order valence-electron chi connectivity index (χ4n) is 3.62. The predicted octanol–water partition coefficient (Wildman–Crippen LogP) is 3.68. The Morgan fingerprint density at radius 1 is 1.21 bits per heavy atom. The van der Waals surface area contributed by atoms with Gasteiger partial charge in [-0.3, -0.25) is 5.10 Å². The van der Waals surface area contributed by atoms with Crippen LogP contribution in [0.5, 0.6) is 5.75 Å². The molecule has 1 unspecified atom stereocenters. The summed E-state index contributed by atoms with van der Waals surface area (Å²) in [5.41, 5.74) is 1.37. The van der Waals surface area contributed by atoms with E-state index >= 15 is 4.39 Å². The molecule has 0 amide bonds. The van der Waals surface area contributed by atoms with Gasteiger partial charge in [-0.2, -0.15) is 5.10 Å². The van der Waals surface area contributed by atoms with Gasteiger partial charge in [-0.1, -0.05) is 6.92 Å². The molecule has 3 aromatic rings. The molecule has 2 aromatic carbocycles. The van der Waals surface area contributed by atoms with Crippen LogP contribution >= 0.6 is 0 Å². The zero-order chi connectivity index (χ0) is 23.8. The van der Waals surface area contributed by atoms with E-state index in [1.807, 2.05) is 32.0 Å². The van der Waals surface area contributed by atoms with Gasteiger partial charge in [0.15, 0.2) is 21.3 Å². The highest BCUT2D eigenvalue weighted by molar-refractivity contribution is 7.90. The van der Waals surface area contributed by atoms with Gasteiger partial charge in [0.05, 0.1) is 23.2 Å². The number of H-pyrrole nitrogens is 1. The predicted molar refractivity (Wildman–Crippen MR) is 127 cm³/mol. The molecule has 0 saturated carbocycles. The Morgan fingerprint density at radius 2 is 2.00 bits per heavy atom. The molecule has 33 heavy (non-hydrogen) atoms. The monoisotopic (exact) mass is 472 g/mol. The summed E-state index contributed by atoms with van der Waals surface area (Å²) in [5, 5.41) is 17.2. The lowest BCUT2D eigenvalue weighted by molar-refractivity contribution is 0.414. The minimum absolute atomic E-state index is 0.117. The zero-order valence-electron chi connectivity index (χ0n) is 18.7. The number of sulfone groups is 1. The number of aromatic amines is 1. The van der Waals surface area contributed by atoms with Gasteiger partial charge in [0.2, 0.25) is 5.96 Å². The van der Waals surface area contributed by atoms with Gasteiger partial charge >= 0.3 is 0 Å². The summed E-state index contributed by atoms with van der Waals surface area (Å²) >= 11 is 0. The van der Waals surface area contributed by atoms with Crippen LogP contribution in [0.4, 0.5) is 15.8 Å². The summed E-state index contributed by atoms with van der Waals surface area (Å²) in [6.07, 6.45) is 2.65. The Balaban J connectivity index is 1.68. The number of benzene rings is 2. The average Bonchev–Trinajstić information content (AvgIpc) is 3.15. The number of methoxy groups -OCH3 is 1. The van der Waals surface area contributed by atoms with Crippen LogP contribution in [0.1, 0.15) is 19.0 Å². The topological polar surface area (TPSA) is 120 Å². The molecule has 2 heterocycles. The number of aromatic nitrogens is 2. The molecule has 0 saturated heterocycles. The molecular weight excluding hydrogens is 447 g/mol. The molecular formula is C22H25FN6O3S. The van der Waals surface area contributed by atoms with Crippen molar-refractivity contribution in [3.05, 3.63) is 54.1 Å². The van der Waals surface area contributed by atoms with E-state index in [0.29, 0.717) is 23.5 Å². The molecule has 4 N–H and O–H groups in total. The van der Waals surface area contributed by atoms with Gasteiger partial charge in [0.1, 0.15) is 5.75 Å². The summed E-state index contributed by atoms with van der Waals surface area (Å²) in [6, 6.07) is 10.0. The number of nitrogens with zero attached hydrogens (tertiary/aromatic N) is 2. The molecule has 0 radical (unpaired) electrons. The van der Waals surface area contributed by atoms with E-state index in [2.05, 4.69) is 31.1 Å². The minimum Gasteiger partial charge on any atom is -0.495 e. The van der Waals surface area contributed by atoms with Crippen LogP contribution in [0.25, 0.3) is 10.9 Å². The lowest BCUT2D eigenvalue weighted by atomic mass is 10.0. The van der Waals surface area contributed by atoms with E-state index in [1.54, 1.807) is 6.07 Å². The second kappa shape index (κ2) is 8.39. The van der Waals surface area contributed by atoms with E-state index in [-0.39, 0.29) is 10.9 Å². The number of aryl methyl sites for hydroxylation is 1. The second-order valence-corrected chi connectivity index (χ2v) is 9.79. The standard InChI is InChI=1S/C22H25FN6O3S/c1-5-22(26-14-6-8-16-13(2)28-29-17(16)10-14)20(23)12-24-21(27-22)25-18-11-15(33(4,30)31)7-9-19(18)32-3/h6-12,26H,5H2,1-4H3,(H,28,29)(H2,24,25,27). The van der Waals surface area contributed by atoms with Gasteiger partial charge < -0.3 is 20.7 Å². The second-order valence-electron chi connectivity index (χ2n) is 7.78. The molecule has 0 bridgehead atoms. The Hall–Kier alpha value is -3.60. The third-order valence-electron chi connectivity index (χ3n) is 5.49. The van der Waals surface area contributed by atoms with E-state index < -0.39 is 21.3 Å². The molecule has 0 aliphatic carbocycles. The fraction of sp³-hybridized carbons (Fsp3) is 0.273. The van der Waals surface area contributed by atoms with Crippen molar-refractivity contribution in [1.82, 2.24) is 15.5 Å². The molecule has 0 spiro atoms. The van der Waals surface area contributed by atoms with Crippen LogP contribution in [0.3, 0.4) is 0 Å².